The van der Waals surface area contributed by atoms with Crippen molar-refractivity contribution >= 4 is 17.5 Å². The molecule has 0 atom stereocenters. The zero-order valence-corrected chi connectivity index (χ0v) is 19.4. The second kappa shape index (κ2) is 8.87. The number of amides is 1. The lowest BCUT2D eigenvalue weighted by atomic mass is 9.95. The number of carbonyl (C=O) groups is 1. The fourth-order valence-corrected chi connectivity index (χ4v) is 3.31. The van der Waals surface area contributed by atoms with Crippen molar-refractivity contribution in [1.29, 1.82) is 0 Å². The fourth-order valence-electron chi connectivity index (χ4n) is 3.08. The highest BCUT2D eigenvalue weighted by Crippen LogP contribution is 2.28. The Morgan fingerprint density at radius 3 is 2.58 bits per heavy atom. The van der Waals surface area contributed by atoms with E-state index in [1.807, 2.05) is 12.1 Å². The number of nitrogens with one attached hydrogen (secondary N) is 2. The molecule has 6 nitrogen and oxygen atoms in total. The summed E-state index contributed by atoms with van der Waals surface area (Å²) in [7, 11) is 0. The SMILES string of the molecule is CC(C)(C)C(=O)NCc1ccc(Cl)c(-n2nc(-c3ccc(C#CC4CC4)cc3)[nH]c2=O)c1F. The number of rotatable bonds is 4. The summed E-state index contributed by atoms with van der Waals surface area (Å²) in [6.45, 7) is 5.26. The first-order valence-electron chi connectivity index (χ1n) is 10.7. The first-order valence-corrected chi connectivity index (χ1v) is 11.1. The molecule has 3 aromatic rings. The average Bonchev–Trinajstić information content (AvgIpc) is 3.52. The van der Waals surface area contributed by atoms with E-state index in [4.69, 9.17) is 11.6 Å². The van der Waals surface area contributed by atoms with E-state index in [1.165, 1.54) is 12.1 Å². The van der Waals surface area contributed by atoms with Gasteiger partial charge in [0.1, 0.15) is 5.69 Å². The van der Waals surface area contributed by atoms with E-state index in [9.17, 15) is 9.59 Å². The highest BCUT2D eigenvalue weighted by atomic mass is 35.5. The van der Waals surface area contributed by atoms with Crippen LogP contribution in [0, 0.1) is 29.0 Å². The smallest absolute Gasteiger partial charge is 0.348 e. The Balaban J connectivity index is 1.61. The van der Waals surface area contributed by atoms with Gasteiger partial charge in [0.25, 0.3) is 0 Å². The lowest BCUT2D eigenvalue weighted by Gasteiger charge is -2.18. The van der Waals surface area contributed by atoms with Crippen LogP contribution in [0.1, 0.15) is 44.7 Å². The minimum absolute atomic E-state index is 0.0317. The third-order valence-electron chi connectivity index (χ3n) is 5.25. The summed E-state index contributed by atoms with van der Waals surface area (Å²) in [5.41, 5.74) is 0.332. The standard InChI is InChI=1S/C25H24ClFN4O2/c1-25(2,3)23(32)28-14-18-12-13-19(26)21(20(18)27)31-24(33)29-22(30-31)17-10-8-16(9-11-17)7-6-15-4-5-15/h8-13,15H,4-5,14H2,1-3H3,(H,28,32)(H,29,30,33). The van der Waals surface area contributed by atoms with Gasteiger partial charge in [-0.1, -0.05) is 50.3 Å². The number of H-pyrrole nitrogens is 1. The van der Waals surface area contributed by atoms with Crippen LogP contribution >= 0.6 is 11.6 Å². The molecule has 0 saturated heterocycles. The van der Waals surface area contributed by atoms with Gasteiger partial charge in [0.15, 0.2) is 11.6 Å². The number of hydrogen-bond donors (Lipinski definition) is 2. The zero-order valence-electron chi connectivity index (χ0n) is 18.6. The van der Waals surface area contributed by atoms with Crippen molar-refractivity contribution in [3.8, 4) is 28.9 Å². The van der Waals surface area contributed by atoms with E-state index in [-0.39, 0.29) is 34.5 Å². The average molecular weight is 467 g/mol. The number of halogens is 2. The van der Waals surface area contributed by atoms with Crippen molar-refractivity contribution in [2.45, 2.75) is 40.2 Å². The fraction of sp³-hybridized carbons (Fsp3) is 0.320. The van der Waals surface area contributed by atoms with Crippen molar-refractivity contribution in [3.63, 3.8) is 0 Å². The van der Waals surface area contributed by atoms with Crippen LogP contribution in [0.5, 0.6) is 0 Å². The van der Waals surface area contributed by atoms with Crippen LogP contribution in [-0.4, -0.2) is 20.7 Å². The van der Waals surface area contributed by atoms with E-state index in [2.05, 4.69) is 27.2 Å². The van der Waals surface area contributed by atoms with Gasteiger partial charge in [0.2, 0.25) is 5.91 Å². The molecular weight excluding hydrogens is 443 g/mol. The number of aromatic nitrogens is 3. The quantitative estimate of drug-likeness (QED) is 0.558. The Labute approximate surface area is 196 Å². The van der Waals surface area contributed by atoms with Gasteiger partial charge in [-0.25, -0.2) is 9.18 Å². The molecule has 1 amide bonds. The van der Waals surface area contributed by atoms with Gasteiger partial charge >= 0.3 is 5.69 Å². The van der Waals surface area contributed by atoms with Crippen molar-refractivity contribution in [2.75, 3.05) is 0 Å². The molecule has 0 radical (unpaired) electrons. The summed E-state index contributed by atoms with van der Waals surface area (Å²) in [5.74, 6) is 6.18. The van der Waals surface area contributed by atoms with E-state index < -0.39 is 16.9 Å². The van der Waals surface area contributed by atoms with E-state index in [0.717, 1.165) is 23.1 Å². The number of carbonyl (C=O) groups excluding carboxylic acids is 1. The summed E-state index contributed by atoms with van der Waals surface area (Å²) in [4.78, 5) is 27.4. The van der Waals surface area contributed by atoms with Gasteiger partial charge in [-0.15, -0.1) is 5.10 Å². The number of aromatic amines is 1. The highest BCUT2D eigenvalue weighted by Gasteiger charge is 2.23. The van der Waals surface area contributed by atoms with E-state index in [1.54, 1.807) is 32.9 Å². The molecule has 0 spiro atoms. The van der Waals surface area contributed by atoms with Crippen LogP contribution in [0.15, 0.2) is 41.2 Å². The number of nitrogens with zero attached hydrogens (tertiary/aromatic N) is 2. The molecule has 1 heterocycles. The molecule has 0 bridgehead atoms. The van der Waals surface area contributed by atoms with Gasteiger partial charge in [-0.2, -0.15) is 4.68 Å². The van der Waals surface area contributed by atoms with Crippen molar-refractivity contribution in [1.82, 2.24) is 20.1 Å². The van der Waals surface area contributed by atoms with Crippen LogP contribution in [-0.2, 0) is 11.3 Å². The molecule has 0 unspecified atom stereocenters. The normalized spacial score (nSPS) is 13.4. The first-order chi connectivity index (χ1) is 15.6. The van der Waals surface area contributed by atoms with Gasteiger partial charge in [0, 0.05) is 34.6 Å². The Hall–Kier alpha value is -3.37. The molecule has 0 aliphatic heterocycles. The molecule has 170 valence electrons. The van der Waals surface area contributed by atoms with Crippen molar-refractivity contribution in [2.24, 2.45) is 11.3 Å². The Morgan fingerprint density at radius 2 is 1.94 bits per heavy atom. The summed E-state index contributed by atoms with van der Waals surface area (Å²) in [6.07, 6.45) is 2.32. The van der Waals surface area contributed by atoms with Gasteiger partial charge in [0.05, 0.1) is 5.02 Å². The maximum atomic E-state index is 15.3. The summed E-state index contributed by atoms with van der Waals surface area (Å²) in [5, 5.41) is 7.00. The van der Waals surface area contributed by atoms with Crippen molar-refractivity contribution in [3.05, 3.63) is 68.8 Å². The van der Waals surface area contributed by atoms with Gasteiger partial charge in [-0.3, -0.25) is 9.78 Å². The largest absolute Gasteiger partial charge is 0.351 e. The summed E-state index contributed by atoms with van der Waals surface area (Å²) in [6, 6.07) is 10.3. The molecule has 1 aliphatic carbocycles. The molecule has 4 rings (SSSR count). The second-order valence-corrected chi connectivity index (χ2v) is 9.52. The topological polar surface area (TPSA) is 79.8 Å². The zero-order chi connectivity index (χ0) is 23.8. The van der Waals surface area contributed by atoms with E-state index >= 15 is 4.39 Å². The minimum atomic E-state index is -0.720. The van der Waals surface area contributed by atoms with Crippen LogP contribution in [0.3, 0.4) is 0 Å². The minimum Gasteiger partial charge on any atom is -0.351 e. The monoisotopic (exact) mass is 466 g/mol. The first kappa shape index (κ1) is 22.8. The maximum Gasteiger partial charge on any atom is 0.348 e. The predicted octanol–water partition coefficient (Wildman–Crippen LogP) is 4.44. The summed E-state index contributed by atoms with van der Waals surface area (Å²) >= 11 is 6.23. The second-order valence-electron chi connectivity index (χ2n) is 9.11. The molecule has 2 N–H and O–H groups in total. The molecule has 2 aromatic carbocycles. The predicted molar refractivity (Wildman–Crippen MR) is 125 cm³/mol. The lowest BCUT2D eigenvalue weighted by molar-refractivity contribution is -0.128. The number of hydrogen-bond acceptors (Lipinski definition) is 3. The molecular formula is C25H24ClFN4O2. The van der Waals surface area contributed by atoms with E-state index in [0.29, 0.717) is 11.5 Å². The molecule has 33 heavy (non-hydrogen) atoms. The van der Waals surface area contributed by atoms with Gasteiger partial charge < -0.3 is 5.32 Å². The van der Waals surface area contributed by atoms with Crippen LogP contribution in [0.2, 0.25) is 5.02 Å². The van der Waals surface area contributed by atoms with Crippen molar-refractivity contribution < 1.29 is 9.18 Å². The van der Waals surface area contributed by atoms with Crippen LogP contribution in [0.25, 0.3) is 17.1 Å². The molecule has 1 fully saturated rings. The lowest BCUT2D eigenvalue weighted by Crippen LogP contribution is -2.34. The molecule has 1 aliphatic rings. The maximum absolute atomic E-state index is 15.3. The Kier molecular flexibility index (Phi) is 6.13. The third-order valence-corrected chi connectivity index (χ3v) is 5.56. The van der Waals surface area contributed by atoms with Crippen LogP contribution < -0.4 is 11.0 Å². The Morgan fingerprint density at radius 1 is 1.24 bits per heavy atom. The molecule has 8 heteroatoms. The molecule has 1 saturated carbocycles. The van der Waals surface area contributed by atoms with Gasteiger partial charge in [-0.05, 0) is 43.2 Å². The van der Waals surface area contributed by atoms with Crippen LogP contribution in [0.4, 0.5) is 4.39 Å². The molecule has 1 aromatic heterocycles. The highest BCUT2D eigenvalue weighted by molar-refractivity contribution is 6.32. The third kappa shape index (κ3) is 5.18. The summed E-state index contributed by atoms with van der Waals surface area (Å²) < 4.78 is 16.2. The Bertz CT molecular complexity index is 1320. The number of benzene rings is 2.